The van der Waals surface area contributed by atoms with E-state index in [9.17, 15) is 0 Å². The van der Waals surface area contributed by atoms with E-state index in [2.05, 4.69) is 11.1 Å². The molecular weight excluding hydrogens is 250 g/mol. The number of para-hydroxylation sites is 1. The predicted molar refractivity (Wildman–Crippen MR) is 69.7 cm³/mol. The molecule has 1 atom stereocenters. The highest BCUT2D eigenvalue weighted by atomic mass is 32.2. The van der Waals surface area contributed by atoms with Crippen LogP contribution in [0.1, 0.15) is 6.42 Å². The van der Waals surface area contributed by atoms with Gasteiger partial charge in [-0.15, -0.1) is 11.3 Å². The number of hydrogen-bond acceptors (Lipinski definition) is 5. The first-order valence-corrected chi connectivity index (χ1v) is 6.88. The minimum Gasteiger partial charge on any atom is -0.230 e. The fourth-order valence-electron chi connectivity index (χ4n) is 1.34. The molecule has 0 fully saturated rings. The van der Waals surface area contributed by atoms with Crippen molar-refractivity contribution >= 4 is 33.3 Å². The fourth-order valence-corrected chi connectivity index (χ4v) is 3.44. The van der Waals surface area contributed by atoms with Gasteiger partial charge in [-0.3, -0.25) is 0 Å². The summed E-state index contributed by atoms with van der Waals surface area (Å²) in [6.07, 6.45) is 0.286. The third-order valence-corrected chi connectivity index (χ3v) is 4.54. The molecule has 0 radical (unpaired) electrons. The largest absolute Gasteiger partial charge is 0.230 e. The summed E-state index contributed by atoms with van der Waals surface area (Å²) in [6.45, 7) is 0. The molecule has 0 saturated carbocycles. The SMILES string of the molecule is N#CCC(C#N)CSc1nc2ccccc2s1. The third-order valence-electron chi connectivity index (χ3n) is 2.20. The Balaban J connectivity index is 2.04. The predicted octanol–water partition coefficient (Wildman–Crippen LogP) is 3.44. The summed E-state index contributed by atoms with van der Waals surface area (Å²) < 4.78 is 2.12. The van der Waals surface area contributed by atoms with Crippen LogP contribution < -0.4 is 0 Å². The highest BCUT2D eigenvalue weighted by Crippen LogP contribution is 2.30. The maximum Gasteiger partial charge on any atom is 0.151 e. The summed E-state index contributed by atoms with van der Waals surface area (Å²) in [7, 11) is 0. The maximum atomic E-state index is 8.84. The number of nitrogens with zero attached hydrogens (tertiary/aromatic N) is 3. The van der Waals surface area contributed by atoms with Crippen molar-refractivity contribution in [2.45, 2.75) is 10.8 Å². The summed E-state index contributed by atoms with van der Waals surface area (Å²) in [6, 6.07) is 12.1. The van der Waals surface area contributed by atoms with E-state index in [1.165, 1.54) is 0 Å². The van der Waals surface area contributed by atoms with Gasteiger partial charge in [-0.25, -0.2) is 4.98 Å². The minimum absolute atomic E-state index is 0.211. The number of hydrogen-bond donors (Lipinski definition) is 0. The number of thioether (sulfide) groups is 1. The second-order valence-electron chi connectivity index (χ2n) is 3.45. The second-order valence-corrected chi connectivity index (χ2v) is 5.74. The van der Waals surface area contributed by atoms with Crippen LogP contribution in [0.15, 0.2) is 28.6 Å². The Morgan fingerprint density at radius 1 is 1.35 bits per heavy atom. The molecule has 0 saturated heterocycles. The average molecular weight is 259 g/mol. The van der Waals surface area contributed by atoms with Crippen LogP contribution in [0.4, 0.5) is 0 Å². The van der Waals surface area contributed by atoms with E-state index in [4.69, 9.17) is 10.5 Å². The summed E-state index contributed by atoms with van der Waals surface area (Å²) in [5.74, 6) is 0.418. The van der Waals surface area contributed by atoms with E-state index >= 15 is 0 Å². The van der Waals surface area contributed by atoms with Crippen molar-refractivity contribution in [2.75, 3.05) is 5.75 Å². The molecule has 1 aromatic heterocycles. The standard InChI is InChI=1S/C12H9N3S2/c13-6-5-9(7-14)8-16-12-15-10-3-1-2-4-11(10)17-12/h1-4,9H,5,8H2. The van der Waals surface area contributed by atoms with Gasteiger partial charge in [0.15, 0.2) is 4.34 Å². The van der Waals surface area contributed by atoms with Crippen LogP contribution in [0.3, 0.4) is 0 Å². The monoisotopic (exact) mass is 259 g/mol. The highest BCUT2D eigenvalue weighted by molar-refractivity contribution is 8.01. The van der Waals surface area contributed by atoms with Crippen molar-refractivity contribution in [1.82, 2.24) is 4.98 Å². The van der Waals surface area contributed by atoms with Gasteiger partial charge in [0.2, 0.25) is 0 Å². The third kappa shape index (κ3) is 2.97. The van der Waals surface area contributed by atoms with Crippen LogP contribution >= 0.6 is 23.1 Å². The Hall–Kier alpha value is -1.56. The quantitative estimate of drug-likeness (QED) is 0.789. The van der Waals surface area contributed by atoms with Crippen LogP contribution in [0, 0.1) is 28.6 Å². The van der Waals surface area contributed by atoms with Gasteiger partial charge in [0.1, 0.15) is 0 Å². The Kier molecular flexibility index (Phi) is 3.98. The van der Waals surface area contributed by atoms with Crippen LogP contribution in [0.25, 0.3) is 10.2 Å². The summed E-state index contributed by atoms with van der Waals surface area (Å²) in [5.41, 5.74) is 0.994. The molecule has 0 spiro atoms. The molecule has 1 aromatic carbocycles. The Bertz CT molecular complexity index is 559. The molecule has 0 aliphatic carbocycles. The van der Waals surface area contributed by atoms with E-state index < -0.39 is 0 Å². The molecule has 2 aromatic rings. The minimum atomic E-state index is -0.211. The molecule has 5 heteroatoms. The first-order chi connectivity index (χ1) is 8.33. The lowest BCUT2D eigenvalue weighted by Gasteiger charge is -2.00. The van der Waals surface area contributed by atoms with Gasteiger partial charge < -0.3 is 0 Å². The first kappa shape index (κ1) is 11.9. The van der Waals surface area contributed by atoms with Gasteiger partial charge in [0.25, 0.3) is 0 Å². The van der Waals surface area contributed by atoms with Gasteiger partial charge >= 0.3 is 0 Å². The smallest absolute Gasteiger partial charge is 0.151 e. The zero-order valence-electron chi connectivity index (χ0n) is 8.96. The Morgan fingerprint density at radius 3 is 2.88 bits per heavy atom. The van der Waals surface area contributed by atoms with Gasteiger partial charge in [0, 0.05) is 5.75 Å². The normalized spacial score (nSPS) is 11.9. The van der Waals surface area contributed by atoms with Gasteiger partial charge in [-0.1, -0.05) is 23.9 Å². The van der Waals surface area contributed by atoms with Crippen molar-refractivity contribution in [1.29, 1.82) is 10.5 Å². The van der Waals surface area contributed by atoms with Crippen molar-refractivity contribution in [3.63, 3.8) is 0 Å². The summed E-state index contributed by atoms with van der Waals surface area (Å²) in [4.78, 5) is 4.47. The molecule has 0 aliphatic heterocycles. The van der Waals surface area contributed by atoms with E-state index in [0.29, 0.717) is 5.75 Å². The van der Waals surface area contributed by atoms with Crippen LogP contribution in [0.5, 0.6) is 0 Å². The lowest BCUT2D eigenvalue weighted by atomic mass is 10.1. The van der Waals surface area contributed by atoms with Gasteiger partial charge in [0.05, 0.1) is 34.7 Å². The number of nitriles is 2. The molecule has 0 amide bonds. The molecule has 0 N–H and O–H groups in total. The van der Waals surface area contributed by atoms with E-state index in [1.54, 1.807) is 23.1 Å². The Morgan fingerprint density at radius 2 is 2.18 bits per heavy atom. The van der Waals surface area contributed by atoms with E-state index in [1.807, 2.05) is 30.3 Å². The molecule has 17 heavy (non-hydrogen) atoms. The number of fused-ring (bicyclic) bond motifs is 1. The molecule has 1 heterocycles. The zero-order valence-corrected chi connectivity index (χ0v) is 10.6. The van der Waals surface area contributed by atoms with Crippen molar-refractivity contribution < 1.29 is 0 Å². The number of rotatable bonds is 4. The van der Waals surface area contributed by atoms with Crippen molar-refractivity contribution in [3.8, 4) is 12.1 Å². The van der Waals surface area contributed by atoms with Crippen LogP contribution in [0.2, 0.25) is 0 Å². The Labute approximate surface area is 108 Å². The molecule has 0 bridgehead atoms. The van der Waals surface area contributed by atoms with Crippen LogP contribution in [-0.2, 0) is 0 Å². The lowest BCUT2D eigenvalue weighted by molar-refractivity contribution is 0.781. The van der Waals surface area contributed by atoms with Crippen LogP contribution in [-0.4, -0.2) is 10.7 Å². The van der Waals surface area contributed by atoms with Crippen molar-refractivity contribution in [3.05, 3.63) is 24.3 Å². The number of benzene rings is 1. The highest BCUT2D eigenvalue weighted by Gasteiger charge is 2.10. The molecule has 84 valence electrons. The fraction of sp³-hybridized carbons (Fsp3) is 0.250. The molecule has 3 nitrogen and oxygen atoms in total. The van der Waals surface area contributed by atoms with Crippen molar-refractivity contribution in [2.24, 2.45) is 5.92 Å². The second kappa shape index (κ2) is 5.67. The topological polar surface area (TPSA) is 60.5 Å². The number of thiazole rings is 1. The first-order valence-electron chi connectivity index (χ1n) is 5.08. The lowest BCUT2D eigenvalue weighted by Crippen LogP contribution is -1.98. The maximum absolute atomic E-state index is 8.84. The average Bonchev–Trinajstić information content (AvgIpc) is 2.77. The van der Waals surface area contributed by atoms with E-state index in [-0.39, 0.29) is 12.3 Å². The van der Waals surface area contributed by atoms with Gasteiger partial charge in [-0.05, 0) is 12.1 Å². The molecule has 1 unspecified atom stereocenters. The van der Waals surface area contributed by atoms with E-state index in [0.717, 1.165) is 14.6 Å². The molecule has 0 aliphatic rings. The molecule has 2 rings (SSSR count). The zero-order chi connectivity index (χ0) is 12.1. The van der Waals surface area contributed by atoms with Gasteiger partial charge in [-0.2, -0.15) is 10.5 Å². The summed E-state index contributed by atoms with van der Waals surface area (Å²) in [5, 5.41) is 17.4. The summed E-state index contributed by atoms with van der Waals surface area (Å²) >= 11 is 3.18. The molecular formula is C12H9N3S2. The number of aromatic nitrogens is 1.